The number of pyridine rings is 1. The van der Waals surface area contributed by atoms with Gasteiger partial charge in [-0.3, -0.25) is 9.36 Å². The number of hydrogen-bond acceptors (Lipinski definition) is 5. The number of fused-ring (bicyclic) bond motifs is 2. The quantitative estimate of drug-likeness (QED) is 0.432. The van der Waals surface area contributed by atoms with Crippen molar-refractivity contribution in [3.8, 4) is 5.69 Å². The standard InChI is InChI=1S/C23H17F3N6O/c1-14(30-21-19-11-27-13-31(19)29-12-28-21)18-10-15-6-5-9-17(23(24,25)26)20(15)22(33)32(18)16-7-3-2-4-8-16/h2-14H,1H3,(H,28,29,30). The molecule has 10 heteroatoms. The minimum absolute atomic E-state index is 0.211. The van der Waals surface area contributed by atoms with Gasteiger partial charge in [0.25, 0.3) is 5.56 Å². The highest BCUT2D eigenvalue weighted by Gasteiger charge is 2.34. The van der Waals surface area contributed by atoms with Crippen molar-refractivity contribution in [2.75, 3.05) is 5.32 Å². The topological polar surface area (TPSA) is 77.1 Å². The van der Waals surface area contributed by atoms with Gasteiger partial charge in [0.2, 0.25) is 0 Å². The Morgan fingerprint density at radius 2 is 1.85 bits per heavy atom. The van der Waals surface area contributed by atoms with E-state index < -0.39 is 23.3 Å². The summed E-state index contributed by atoms with van der Waals surface area (Å²) in [4.78, 5) is 21.9. The highest BCUT2D eigenvalue weighted by Crippen LogP contribution is 2.34. The van der Waals surface area contributed by atoms with Crippen LogP contribution in [0.5, 0.6) is 0 Å². The molecule has 7 nitrogen and oxygen atoms in total. The van der Waals surface area contributed by atoms with E-state index >= 15 is 0 Å². The molecule has 5 rings (SSSR count). The summed E-state index contributed by atoms with van der Waals surface area (Å²) in [7, 11) is 0. The van der Waals surface area contributed by atoms with Crippen molar-refractivity contribution in [1.82, 2.24) is 24.1 Å². The number of nitrogens with zero attached hydrogens (tertiary/aromatic N) is 5. The molecule has 2 aromatic carbocycles. The van der Waals surface area contributed by atoms with Crippen LogP contribution in [0, 0.1) is 0 Å². The maximum Gasteiger partial charge on any atom is 0.417 e. The van der Waals surface area contributed by atoms with Crippen molar-refractivity contribution >= 4 is 22.1 Å². The summed E-state index contributed by atoms with van der Waals surface area (Å²) in [6, 6.07) is 13.4. The molecule has 0 spiro atoms. The zero-order valence-corrected chi connectivity index (χ0v) is 17.3. The van der Waals surface area contributed by atoms with Gasteiger partial charge in [-0.15, -0.1) is 0 Å². The predicted octanol–water partition coefficient (Wildman–Crippen LogP) is 4.62. The summed E-state index contributed by atoms with van der Waals surface area (Å²) in [6.45, 7) is 1.81. The summed E-state index contributed by atoms with van der Waals surface area (Å²) in [5.74, 6) is 0.478. The molecule has 1 unspecified atom stereocenters. The van der Waals surface area contributed by atoms with E-state index in [1.807, 2.05) is 6.92 Å². The third-order valence-electron chi connectivity index (χ3n) is 5.42. The fourth-order valence-electron chi connectivity index (χ4n) is 3.93. The lowest BCUT2D eigenvalue weighted by molar-refractivity contribution is -0.136. The van der Waals surface area contributed by atoms with Gasteiger partial charge in [-0.2, -0.15) is 18.3 Å². The Kier molecular flexibility index (Phi) is 4.85. The smallest absolute Gasteiger partial charge is 0.360 e. The number of alkyl halides is 3. The van der Waals surface area contributed by atoms with Crippen molar-refractivity contribution in [3.63, 3.8) is 0 Å². The van der Waals surface area contributed by atoms with Crippen LogP contribution in [-0.4, -0.2) is 24.1 Å². The summed E-state index contributed by atoms with van der Waals surface area (Å²) in [5.41, 5.74) is -0.138. The maximum atomic E-state index is 13.7. The van der Waals surface area contributed by atoms with Gasteiger partial charge in [-0.25, -0.2) is 14.5 Å². The van der Waals surface area contributed by atoms with Crippen molar-refractivity contribution < 1.29 is 13.2 Å². The average Bonchev–Trinajstić information content (AvgIpc) is 3.28. The first-order chi connectivity index (χ1) is 15.8. The summed E-state index contributed by atoms with van der Waals surface area (Å²) < 4.78 is 44.0. The highest BCUT2D eigenvalue weighted by atomic mass is 19.4. The fraction of sp³-hybridized carbons (Fsp3) is 0.130. The van der Waals surface area contributed by atoms with Crippen molar-refractivity contribution in [1.29, 1.82) is 0 Å². The minimum Gasteiger partial charge on any atom is -0.360 e. The van der Waals surface area contributed by atoms with Crippen LogP contribution in [0.1, 0.15) is 24.2 Å². The van der Waals surface area contributed by atoms with Crippen LogP contribution in [0.15, 0.2) is 78.2 Å². The summed E-state index contributed by atoms with van der Waals surface area (Å²) in [5, 5.41) is 7.16. The second-order valence-corrected chi connectivity index (χ2v) is 7.51. The number of nitrogens with one attached hydrogen (secondary N) is 1. The van der Waals surface area contributed by atoms with Gasteiger partial charge in [0.05, 0.1) is 23.2 Å². The Bertz CT molecular complexity index is 1520. The SMILES string of the molecule is CC(Nc1ncnn2cncc12)c1cc2cccc(C(F)(F)F)c2c(=O)n1-c1ccccc1. The van der Waals surface area contributed by atoms with E-state index in [-0.39, 0.29) is 10.8 Å². The molecule has 0 aliphatic carbocycles. The number of benzene rings is 2. The lowest BCUT2D eigenvalue weighted by atomic mass is 10.0. The van der Waals surface area contributed by atoms with E-state index in [0.717, 1.165) is 6.07 Å². The van der Waals surface area contributed by atoms with Crippen LogP contribution >= 0.6 is 0 Å². The molecule has 0 amide bonds. The van der Waals surface area contributed by atoms with Gasteiger partial charge in [0.15, 0.2) is 5.82 Å². The molecule has 1 atom stereocenters. The molecule has 0 aliphatic rings. The van der Waals surface area contributed by atoms with Crippen LogP contribution in [0.25, 0.3) is 22.0 Å². The lowest BCUT2D eigenvalue weighted by Gasteiger charge is -2.22. The van der Waals surface area contributed by atoms with E-state index in [1.165, 1.54) is 29.4 Å². The molecule has 5 aromatic rings. The number of halogens is 3. The molecule has 33 heavy (non-hydrogen) atoms. The van der Waals surface area contributed by atoms with Gasteiger partial charge < -0.3 is 5.32 Å². The first kappa shape index (κ1) is 20.7. The fourth-order valence-corrected chi connectivity index (χ4v) is 3.93. The number of imidazole rings is 1. The molecule has 0 saturated heterocycles. The number of aromatic nitrogens is 5. The molecule has 0 bridgehead atoms. The van der Waals surface area contributed by atoms with Gasteiger partial charge >= 0.3 is 6.18 Å². The minimum atomic E-state index is -4.66. The molecule has 166 valence electrons. The lowest BCUT2D eigenvalue weighted by Crippen LogP contribution is -2.27. The Balaban J connectivity index is 1.74. The molecule has 0 aliphatic heterocycles. The van der Waals surface area contributed by atoms with Crippen LogP contribution in [-0.2, 0) is 6.18 Å². The molecule has 0 fully saturated rings. The van der Waals surface area contributed by atoms with Crippen molar-refractivity contribution in [2.24, 2.45) is 0 Å². The second-order valence-electron chi connectivity index (χ2n) is 7.51. The summed E-state index contributed by atoms with van der Waals surface area (Å²) in [6.07, 6.45) is -0.173. The van der Waals surface area contributed by atoms with Gasteiger partial charge in [0.1, 0.15) is 18.2 Å². The number of anilines is 1. The van der Waals surface area contributed by atoms with E-state index in [4.69, 9.17) is 0 Å². The maximum absolute atomic E-state index is 13.7. The van der Waals surface area contributed by atoms with Crippen molar-refractivity contribution in [2.45, 2.75) is 19.1 Å². The summed E-state index contributed by atoms with van der Waals surface area (Å²) >= 11 is 0. The van der Waals surface area contributed by atoms with Crippen molar-refractivity contribution in [3.05, 3.63) is 95.1 Å². The van der Waals surface area contributed by atoms with Crippen LogP contribution in [0.2, 0.25) is 0 Å². The number of para-hydroxylation sites is 1. The molecule has 1 N–H and O–H groups in total. The molecule has 0 saturated carbocycles. The van der Waals surface area contributed by atoms with Crippen LogP contribution in [0.3, 0.4) is 0 Å². The zero-order valence-electron chi connectivity index (χ0n) is 17.3. The van der Waals surface area contributed by atoms with Gasteiger partial charge in [0, 0.05) is 11.4 Å². The normalized spacial score (nSPS) is 12.8. The monoisotopic (exact) mass is 450 g/mol. The van der Waals surface area contributed by atoms with E-state index in [0.29, 0.717) is 22.7 Å². The Labute approximate surface area is 185 Å². The molecular weight excluding hydrogens is 433 g/mol. The van der Waals surface area contributed by atoms with Crippen LogP contribution < -0.4 is 10.9 Å². The average molecular weight is 450 g/mol. The number of hydrogen-bond donors (Lipinski definition) is 1. The third kappa shape index (κ3) is 3.59. The molecular formula is C23H17F3N6O. The first-order valence-electron chi connectivity index (χ1n) is 10.1. The van der Waals surface area contributed by atoms with Gasteiger partial charge in [-0.1, -0.05) is 30.3 Å². The second kappa shape index (κ2) is 7.73. The predicted molar refractivity (Wildman–Crippen MR) is 117 cm³/mol. The van der Waals surface area contributed by atoms with Crippen LogP contribution in [0.4, 0.5) is 19.0 Å². The molecule has 3 aromatic heterocycles. The first-order valence-corrected chi connectivity index (χ1v) is 10.1. The third-order valence-corrected chi connectivity index (χ3v) is 5.42. The van der Waals surface area contributed by atoms with E-state index in [1.54, 1.807) is 47.1 Å². The molecule has 0 radical (unpaired) electrons. The van der Waals surface area contributed by atoms with Gasteiger partial charge in [-0.05, 0) is 36.6 Å². The Morgan fingerprint density at radius 3 is 2.61 bits per heavy atom. The number of rotatable bonds is 4. The molecule has 3 heterocycles. The Hall–Kier alpha value is -4.21. The zero-order chi connectivity index (χ0) is 23.2. The largest absolute Gasteiger partial charge is 0.417 e. The van der Waals surface area contributed by atoms with E-state index in [2.05, 4.69) is 20.4 Å². The Morgan fingerprint density at radius 1 is 1.06 bits per heavy atom. The van der Waals surface area contributed by atoms with E-state index in [9.17, 15) is 18.0 Å². The highest BCUT2D eigenvalue weighted by molar-refractivity contribution is 5.86.